The molecule has 0 spiro atoms. The smallest absolute Gasteiger partial charge is 0.330 e. The molecule has 7 nitrogen and oxygen atoms in total. The molecule has 1 rings (SSSR count). The third-order valence-corrected chi connectivity index (χ3v) is 4.04. The fourth-order valence-corrected chi connectivity index (χ4v) is 2.44. The number of halogens is 1. The molecule has 0 aromatic carbocycles. The van der Waals surface area contributed by atoms with Gasteiger partial charge in [-0.15, -0.1) is 11.6 Å². The van der Waals surface area contributed by atoms with E-state index in [1.165, 1.54) is 0 Å². The Morgan fingerprint density at radius 2 is 1.92 bits per heavy atom. The van der Waals surface area contributed by atoms with Crippen LogP contribution in [-0.4, -0.2) is 54.8 Å². The number of aliphatic hydroxyl groups is 1. The molecule has 0 fully saturated rings. The highest BCUT2D eigenvalue weighted by molar-refractivity contribution is 6.18. The van der Waals surface area contributed by atoms with Gasteiger partial charge in [-0.25, -0.2) is 4.79 Å². The number of esters is 3. The highest BCUT2D eigenvalue weighted by Gasteiger charge is 2.37. The highest BCUT2D eigenvalue weighted by Crippen LogP contribution is 2.31. The van der Waals surface area contributed by atoms with E-state index in [9.17, 15) is 19.5 Å². The van der Waals surface area contributed by atoms with E-state index in [2.05, 4.69) is 6.58 Å². The number of allylic oxidation sites excluding steroid dienone is 2. The van der Waals surface area contributed by atoms with Crippen LogP contribution in [0, 0.1) is 11.8 Å². The van der Waals surface area contributed by atoms with Crippen LogP contribution >= 0.6 is 11.6 Å². The van der Waals surface area contributed by atoms with Gasteiger partial charge in [0.25, 0.3) is 0 Å². The Morgan fingerprint density at radius 3 is 2.56 bits per heavy atom. The van der Waals surface area contributed by atoms with Gasteiger partial charge in [0.15, 0.2) is 0 Å². The lowest BCUT2D eigenvalue weighted by molar-refractivity contribution is -0.163. The minimum Gasteiger partial charge on any atom is -0.463 e. The highest BCUT2D eigenvalue weighted by atomic mass is 35.5. The minimum atomic E-state index is -0.948. The predicted molar refractivity (Wildman–Crippen MR) is 89.8 cm³/mol. The summed E-state index contributed by atoms with van der Waals surface area (Å²) in [6.45, 7) is 4.71. The standard InChI is InChI=1S/C17H23ClO7/c1-3-15(20)23-6-7-24-17(22)14-8-11(2)4-5-13(14)16(21)25-10-12(19)9-18/h3-4,12-14,19H,1,5-10H2,2H3. The second-order valence-electron chi connectivity index (χ2n) is 5.68. The van der Waals surface area contributed by atoms with Crippen LogP contribution in [-0.2, 0) is 28.6 Å². The van der Waals surface area contributed by atoms with Crippen LogP contribution in [0.3, 0.4) is 0 Å². The second-order valence-corrected chi connectivity index (χ2v) is 5.99. The van der Waals surface area contributed by atoms with Gasteiger partial charge in [-0.1, -0.05) is 18.2 Å². The SMILES string of the molecule is C=CC(=O)OCCOC(=O)C1CC(C)=CCC1C(=O)OCC(O)CCl. The Labute approximate surface area is 151 Å². The van der Waals surface area contributed by atoms with Crippen LogP contribution in [0.5, 0.6) is 0 Å². The summed E-state index contributed by atoms with van der Waals surface area (Å²) in [6, 6.07) is 0. The van der Waals surface area contributed by atoms with E-state index < -0.39 is 35.8 Å². The summed E-state index contributed by atoms with van der Waals surface area (Å²) in [4.78, 5) is 35.4. The fourth-order valence-electron chi connectivity index (χ4n) is 2.35. The number of hydrogen-bond acceptors (Lipinski definition) is 7. The van der Waals surface area contributed by atoms with Gasteiger partial charge in [-0.05, 0) is 19.8 Å². The van der Waals surface area contributed by atoms with Crippen molar-refractivity contribution in [2.24, 2.45) is 11.8 Å². The Hall–Kier alpha value is -1.86. The van der Waals surface area contributed by atoms with E-state index in [0.717, 1.165) is 11.6 Å². The van der Waals surface area contributed by atoms with E-state index in [4.69, 9.17) is 25.8 Å². The van der Waals surface area contributed by atoms with Gasteiger partial charge in [-0.2, -0.15) is 0 Å². The van der Waals surface area contributed by atoms with Crippen molar-refractivity contribution in [2.75, 3.05) is 25.7 Å². The molecule has 0 saturated heterocycles. The lowest BCUT2D eigenvalue weighted by Crippen LogP contribution is -2.36. The second kappa shape index (κ2) is 10.9. The summed E-state index contributed by atoms with van der Waals surface area (Å²) in [5.74, 6) is -3.15. The van der Waals surface area contributed by atoms with Crippen molar-refractivity contribution in [3.05, 3.63) is 24.3 Å². The average Bonchev–Trinajstić information content (AvgIpc) is 2.62. The van der Waals surface area contributed by atoms with Crippen molar-refractivity contribution in [1.82, 2.24) is 0 Å². The number of carbonyl (C=O) groups is 3. The van der Waals surface area contributed by atoms with Gasteiger partial charge >= 0.3 is 17.9 Å². The van der Waals surface area contributed by atoms with E-state index >= 15 is 0 Å². The molecule has 0 aromatic heterocycles. The van der Waals surface area contributed by atoms with Gasteiger partial charge in [0.1, 0.15) is 25.9 Å². The monoisotopic (exact) mass is 374 g/mol. The maximum atomic E-state index is 12.3. The van der Waals surface area contributed by atoms with Crippen molar-refractivity contribution >= 4 is 29.5 Å². The zero-order valence-corrected chi connectivity index (χ0v) is 14.9. The molecule has 0 saturated carbocycles. The molecule has 0 radical (unpaired) electrons. The molecule has 0 aromatic rings. The first-order chi connectivity index (χ1) is 11.9. The molecule has 1 aliphatic carbocycles. The van der Waals surface area contributed by atoms with Crippen LogP contribution in [0.1, 0.15) is 19.8 Å². The topological polar surface area (TPSA) is 99.1 Å². The first-order valence-corrected chi connectivity index (χ1v) is 8.44. The summed E-state index contributed by atoms with van der Waals surface area (Å²) in [6.07, 6.45) is 2.67. The van der Waals surface area contributed by atoms with Crippen molar-refractivity contribution in [1.29, 1.82) is 0 Å². The van der Waals surface area contributed by atoms with Gasteiger partial charge in [0.05, 0.1) is 17.7 Å². The molecule has 3 unspecified atom stereocenters. The zero-order chi connectivity index (χ0) is 18.8. The third kappa shape index (κ3) is 7.27. The predicted octanol–water partition coefficient (Wildman–Crippen LogP) is 1.37. The number of hydrogen-bond donors (Lipinski definition) is 1. The molecule has 1 aliphatic rings. The maximum Gasteiger partial charge on any atom is 0.330 e. The maximum absolute atomic E-state index is 12.3. The largest absolute Gasteiger partial charge is 0.463 e. The summed E-state index contributed by atoms with van der Waals surface area (Å²) in [5, 5.41) is 9.37. The molecule has 0 amide bonds. The van der Waals surface area contributed by atoms with E-state index in [1.54, 1.807) is 0 Å². The molecule has 140 valence electrons. The quantitative estimate of drug-likeness (QED) is 0.162. The molecule has 3 atom stereocenters. The van der Waals surface area contributed by atoms with Gasteiger partial charge in [0.2, 0.25) is 0 Å². The van der Waals surface area contributed by atoms with Crippen molar-refractivity contribution in [3.63, 3.8) is 0 Å². The van der Waals surface area contributed by atoms with Crippen molar-refractivity contribution in [2.45, 2.75) is 25.9 Å². The molecule has 0 bridgehead atoms. The third-order valence-electron chi connectivity index (χ3n) is 3.69. The molecular weight excluding hydrogens is 352 g/mol. The van der Waals surface area contributed by atoms with E-state index in [1.807, 2.05) is 13.0 Å². The van der Waals surface area contributed by atoms with E-state index in [0.29, 0.717) is 12.8 Å². The lowest BCUT2D eigenvalue weighted by atomic mass is 9.80. The van der Waals surface area contributed by atoms with Crippen LogP contribution in [0.25, 0.3) is 0 Å². The number of ether oxygens (including phenoxy) is 3. The summed E-state index contributed by atoms with van der Waals surface area (Å²) in [7, 11) is 0. The summed E-state index contributed by atoms with van der Waals surface area (Å²) in [5.41, 5.74) is 0.977. The molecule has 0 aliphatic heterocycles. The number of alkyl halides is 1. The zero-order valence-electron chi connectivity index (χ0n) is 14.1. The summed E-state index contributed by atoms with van der Waals surface area (Å²) >= 11 is 5.46. The number of aliphatic hydroxyl groups excluding tert-OH is 1. The normalized spacial score (nSPS) is 20.8. The van der Waals surface area contributed by atoms with Crippen LogP contribution in [0.4, 0.5) is 0 Å². The van der Waals surface area contributed by atoms with Gasteiger partial charge in [0, 0.05) is 6.08 Å². The Balaban J connectivity index is 2.58. The summed E-state index contributed by atoms with van der Waals surface area (Å²) < 4.78 is 14.9. The Morgan fingerprint density at radius 1 is 1.28 bits per heavy atom. The van der Waals surface area contributed by atoms with Crippen molar-refractivity contribution in [3.8, 4) is 0 Å². The van der Waals surface area contributed by atoms with Gasteiger partial charge < -0.3 is 19.3 Å². The lowest BCUT2D eigenvalue weighted by Gasteiger charge is -2.27. The Bertz CT molecular complexity index is 529. The van der Waals surface area contributed by atoms with Crippen LogP contribution in [0.2, 0.25) is 0 Å². The van der Waals surface area contributed by atoms with E-state index in [-0.39, 0.29) is 25.7 Å². The fraction of sp³-hybridized carbons (Fsp3) is 0.588. The molecule has 1 N–H and O–H groups in total. The minimum absolute atomic E-state index is 0.0497. The average molecular weight is 375 g/mol. The first kappa shape index (κ1) is 21.2. The molecule has 8 heteroatoms. The molecule has 0 heterocycles. The number of carbonyl (C=O) groups excluding carboxylic acids is 3. The molecule has 25 heavy (non-hydrogen) atoms. The van der Waals surface area contributed by atoms with Gasteiger partial charge in [-0.3, -0.25) is 9.59 Å². The molecular formula is C17H23ClO7. The first-order valence-electron chi connectivity index (χ1n) is 7.91. The van der Waals surface area contributed by atoms with Crippen LogP contribution in [0.15, 0.2) is 24.3 Å². The van der Waals surface area contributed by atoms with Crippen molar-refractivity contribution < 1.29 is 33.7 Å². The number of rotatable bonds is 9. The Kier molecular flexibility index (Phi) is 9.23. The van der Waals surface area contributed by atoms with Crippen LogP contribution < -0.4 is 0 Å².